The highest BCUT2D eigenvalue weighted by molar-refractivity contribution is 5.27. The molecular weight excluding hydrogens is 314 g/mol. The van der Waals surface area contributed by atoms with Gasteiger partial charge in [0.2, 0.25) is 0 Å². The molecule has 0 aliphatic rings. The molecule has 136 valence electrons. The van der Waals surface area contributed by atoms with E-state index in [4.69, 9.17) is 15.2 Å². The second-order valence-corrected chi connectivity index (χ2v) is 5.94. The molecular formula is C20H29N3O2. The largest absolute Gasteiger partial charge is 0.497 e. The first-order valence-electron chi connectivity index (χ1n) is 8.64. The third kappa shape index (κ3) is 6.74. The Labute approximate surface area is 150 Å². The first-order chi connectivity index (χ1) is 12.2. The van der Waals surface area contributed by atoms with Crippen LogP contribution in [0.2, 0.25) is 0 Å². The van der Waals surface area contributed by atoms with Crippen LogP contribution in [0.3, 0.4) is 0 Å². The molecule has 0 heterocycles. The Morgan fingerprint density at radius 2 is 1.40 bits per heavy atom. The van der Waals surface area contributed by atoms with Crippen LogP contribution in [-0.4, -0.2) is 45.3 Å². The van der Waals surface area contributed by atoms with Gasteiger partial charge in [-0.1, -0.05) is 24.3 Å². The van der Waals surface area contributed by atoms with Gasteiger partial charge in [0, 0.05) is 39.3 Å². The summed E-state index contributed by atoms with van der Waals surface area (Å²) in [6.07, 6.45) is 0. The molecule has 0 radical (unpaired) electrons. The van der Waals surface area contributed by atoms with Crippen LogP contribution in [0.4, 0.5) is 0 Å². The zero-order valence-corrected chi connectivity index (χ0v) is 15.2. The fourth-order valence-corrected chi connectivity index (χ4v) is 2.65. The van der Waals surface area contributed by atoms with Crippen LogP contribution in [0.15, 0.2) is 48.5 Å². The molecule has 0 bridgehead atoms. The Hall–Kier alpha value is -2.08. The van der Waals surface area contributed by atoms with Crippen molar-refractivity contribution in [3.63, 3.8) is 0 Å². The van der Waals surface area contributed by atoms with Gasteiger partial charge < -0.3 is 20.5 Å². The predicted octanol–water partition coefficient (Wildman–Crippen LogP) is 2.25. The van der Waals surface area contributed by atoms with Crippen LogP contribution in [-0.2, 0) is 13.1 Å². The van der Waals surface area contributed by atoms with Crippen molar-refractivity contribution in [2.45, 2.75) is 13.1 Å². The molecule has 0 fully saturated rings. The van der Waals surface area contributed by atoms with Crippen molar-refractivity contribution in [3.05, 3.63) is 59.7 Å². The van der Waals surface area contributed by atoms with Crippen LogP contribution < -0.4 is 20.5 Å². The van der Waals surface area contributed by atoms with Crippen molar-refractivity contribution in [1.29, 1.82) is 0 Å². The van der Waals surface area contributed by atoms with E-state index in [9.17, 15) is 0 Å². The first-order valence-corrected chi connectivity index (χ1v) is 8.64. The normalized spacial score (nSPS) is 10.9. The molecule has 25 heavy (non-hydrogen) atoms. The molecule has 0 saturated heterocycles. The predicted molar refractivity (Wildman–Crippen MR) is 102 cm³/mol. The second kappa shape index (κ2) is 10.7. The summed E-state index contributed by atoms with van der Waals surface area (Å²) in [6.45, 7) is 5.17. The first kappa shape index (κ1) is 19.2. The molecule has 0 saturated carbocycles. The van der Waals surface area contributed by atoms with E-state index in [0.717, 1.165) is 44.2 Å². The minimum absolute atomic E-state index is 0.661. The average Bonchev–Trinajstić information content (AvgIpc) is 2.66. The summed E-state index contributed by atoms with van der Waals surface area (Å²) in [5, 5.41) is 3.49. The second-order valence-electron chi connectivity index (χ2n) is 5.94. The lowest BCUT2D eigenvalue weighted by Gasteiger charge is -2.22. The molecule has 2 aromatic carbocycles. The Bertz CT molecular complexity index is 599. The van der Waals surface area contributed by atoms with Crippen LogP contribution in [0, 0.1) is 0 Å². The fourth-order valence-electron chi connectivity index (χ4n) is 2.65. The molecule has 0 spiro atoms. The van der Waals surface area contributed by atoms with Crippen molar-refractivity contribution >= 4 is 0 Å². The zero-order valence-electron chi connectivity index (χ0n) is 15.2. The fraction of sp³-hybridized carbons (Fsp3) is 0.400. The molecule has 0 unspecified atom stereocenters. The third-order valence-electron chi connectivity index (χ3n) is 4.10. The van der Waals surface area contributed by atoms with Gasteiger partial charge in [0.05, 0.1) is 14.2 Å². The lowest BCUT2D eigenvalue weighted by atomic mass is 10.2. The van der Waals surface area contributed by atoms with Gasteiger partial charge in [-0.25, -0.2) is 0 Å². The molecule has 0 aliphatic carbocycles. The molecule has 0 aromatic heterocycles. The van der Waals surface area contributed by atoms with E-state index in [-0.39, 0.29) is 0 Å². The number of nitrogens with zero attached hydrogens (tertiary/aromatic N) is 1. The maximum atomic E-state index is 5.76. The number of nitrogens with one attached hydrogen (secondary N) is 1. The van der Waals surface area contributed by atoms with Crippen molar-refractivity contribution in [2.75, 3.05) is 40.4 Å². The van der Waals surface area contributed by atoms with Gasteiger partial charge in [-0.3, -0.25) is 4.90 Å². The summed E-state index contributed by atoms with van der Waals surface area (Å²) in [5.74, 6) is 1.77. The Morgan fingerprint density at radius 3 is 1.92 bits per heavy atom. The number of benzene rings is 2. The number of methoxy groups -OCH3 is 2. The summed E-state index contributed by atoms with van der Waals surface area (Å²) >= 11 is 0. The lowest BCUT2D eigenvalue weighted by Crippen LogP contribution is -2.35. The summed E-state index contributed by atoms with van der Waals surface area (Å²) < 4.78 is 10.4. The van der Waals surface area contributed by atoms with E-state index >= 15 is 0 Å². The van der Waals surface area contributed by atoms with Crippen molar-refractivity contribution in [3.8, 4) is 11.5 Å². The van der Waals surface area contributed by atoms with Crippen LogP contribution >= 0.6 is 0 Å². The SMILES string of the molecule is COc1ccc(CNCCN(CCN)Cc2ccc(OC)cc2)cc1. The highest BCUT2D eigenvalue weighted by Gasteiger charge is 2.05. The van der Waals surface area contributed by atoms with Crippen molar-refractivity contribution in [1.82, 2.24) is 10.2 Å². The quantitative estimate of drug-likeness (QED) is 0.613. The number of hydrogen-bond acceptors (Lipinski definition) is 5. The Morgan fingerprint density at radius 1 is 0.840 bits per heavy atom. The summed E-state index contributed by atoms with van der Waals surface area (Å²) in [5.41, 5.74) is 8.28. The van der Waals surface area contributed by atoms with E-state index in [2.05, 4.69) is 34.5 Å². The van der Waals surface area contributed by atoms with Gasteiger partial charge in [-0.15, -0.1) is 0 Å². The minimum atomic E-state index is 0.661. The van der Waals surface area contributed by atoms with Gasteiger partial charge in [-0.2, -0.15) is 0 Å². The monoisotopic (exact) mass is 343 g/mol. The Kier molecular flexibility index (Phi) is 8.25. The zero-order chi connectivity index (χ0) is 17.9. The van der Waals surface area contributed by atoms with Gasteiger partial charge in [0.1, 0.15) is 11.5 Å². The highest BCUT2D eigenvalue weighted by Crippen LogP contribution is 2.13. The van der Waals surface area contributed by atoms with E-state index in [1.165, 1.54) is 11.1 Å². The average molecular weight is 343 g/mol. The third-order valence-corrected chi connectivity index (χ3v) is 4.10. The number of ether oxygens (including phenoxy) is 2. The molecule has 0 amide bonds. The van der Waals surface area contributed by atoms with Crippen LogP contribution in [0.25, 0.3) is 0 Å². The van der Waals surface area contributed by atoms with Gasteiger partial charge in [0.15, 0.2) is 0 Å². The highest BCUT2D eigenvalue weighted by atomic mass is 16.5. The number of rotatable bonds is 11. The maximum Gasteiger partial charge on any atom is 0.118 e. The van der Waals surface area contributed by atoms with Crippen LogP contribution in [0.1, 0.15) is 11.1 Å². The molecule has 3 N–H and O–H groups in total. The number of nitrogens with two attached hydrogens (primary N) is 1. The standard InChI is InChI=1S/C20H29N3O2/c1-24-19-7-3-17(4-8-19)15-22-12-14-23(13-11-21)16-18-5-9-20(25-2)10-6-18/h3-10,22H,11-16,21H2,1-2H3. The smallest absolute Gasteiger partial charge is 0.118 e. The Balaban J connectivity index is 1.76. The van der Waals surface area contributed by atoms with Gasteiger partial charge in [0.25, 0.3) is 0 Å². The summed E-state index contributed by atoms with van der Waals surface area (Å²) in [6, 6.07) is 16.3. The molecule has 2 rings (SSSR count). The molecule has 5 nitrogen and oxygen atoms in total. The number of hydrogen-bond donors (Lipinski definition) is 2. The molecule has 0 aliphatic heterocycles. The lowest BCUT2D eigenvalue weighted by molar-refractivity contribution is 0.272. The van der Waals surface area contributed by atoms with Gasteiger partial charge >= 0.3 is 0 Å². The minimum Gasteiger partial charge on any atom is -0.497 e. The van der Waals surface area contributed by atoms with E-state index in [0.29, 0.717) is 6.54 Å². The molecule has 0 atom stereocenters. The van der Waals surface area contributed by atoms with Gasteiger partial charge in [-0.05, 0) is 35.4 Å². The van der Waals surface area contributed by atoms with E-state index in [1.807, 2.05) is 24.3 Å². The topological polar surface area (TPSA) is 59.8 Å². The maximum absolute atomic E-state index is 5.76. The van der Waals surface area contributed by atoms with E-state index < -0.39 is 0 Å². The van der Waals surface area contributed by atoms with Crippen molar-refractivity contribution in [2.24, 2.45) is 5.73 Å². The summed E-state index contributed by atoms with van der Waals surface area (Å²) in [4.78, 5) is 2.36. The molecule has 2 aromatic rings. The summed E-state index contributed by atoms with van der Waals surface area (Å²) in [7, 11) is 3.37. The van der Waals surface area contributed by atoms with Crippen LogP contribution in [0.5, 0.6) is 11.5 Å². The van der Waals surface area contributed by atoms with Crippen molar-refractivity contribution < 1.29 is 9.47 Å². The molecule has 5 heteroatoms. The van der Waals surface area contributed by atoms with E-state index in [1.54, 1.807) is 14.2 Å².